The van der Waals surface area contributed by atoms with E-state index >= 15 is 0 Å². The molecule has 0 saturated heterocycles. The van der Waals surface area contributed by atoms with Gasteiger partial charge in [-0.2, -0.15) is 0 Å². The lowest BCUT2D eigenvalue weighted by molar-refractivity contribution is 0.0209. The summed E-state index contributed by atoms with van der Waals surface area (Å²) in [7, 11) is 0. The van der Waals surface area contributed by atoms with Gasteiger partial charge in [0, 0.05) is 10.6 Å². The third-order valence-corrected chi connectivity index (χ3v) is 2.87. The van der Waals surface area contributed by atoms with E-state index < -0.39 is 0 Å². The number of halogens is 2. The normalized spacial score (nSPS) is 30.4. The molecule has 0 aliphatic heterocycles. The fraction of sp³-hybridized carbons (Fsp3) is 0.400. The highest BCUT2D eigenvalue weighted by Gasteiger charge is 2.41. The van der Waals surface area contributed by atoms with Gasteiger partial charge in [-0.25, -0.2) is 0 Å². The largest absolute Gasteiger partial charge is 0.393 e. The number of hydrogen-bond acceptors (Lipinski definition) is 2. The average Bonchev–Trinajstić information content (AvgIpc) is 2.03. The lowest BCUT2D eigenvalue weighted by Gasteiger charge is -2.42. The van der Waals surface area contributed by atoms with E-state index in [0.29, 0.717) is 17.9 Å². The lowest BCUT2D eigenvalue weighted by Crippen LogP contribution is -2.51. The molecule has 1 aliphatic rings. The molecule has 0 aromatic heterocycles. The molecule has 78 valence electrons. The van der Waals surface area contributed by atoms with Crippen molar-refractivity contribution in [2.45, 2.75) is 24.5 Å². The van der Waals surface area contributed by atoms with Crippen molar-refractivity contribution in [1.82, 2.24) is 0 Å². The first-order chi connectivity index (χ1) is 6.10. The van der Waals surface area contributed by atoms with Crippen molar-refractivity contribution in [3.63, 3.8) is 0 Å². The molecule has 4 heteroatoms. The van der Waals surface area contributed by atoms with Crippen LogP contribution in [0.25, 0.3) is 0 Å². The fourth-order valence-corrected chi connectivity index (χ4v) is 1.92. The first-order valence-corrected chi connectivity index (χ1v) is 4.71. The van der Waals surface area contributed by atoms with E-state index in [1.54, 1.807) is 0 Å². The van der Waals surface area contributed by atoms with Crippen LogP contribution in [0.3, 0.4) is 0 Å². The van der Waals surface area contributed by atoms with Gasteiger partial charge in [-0.3, -0.25) is 0 Å². The maximum absolute atomic E-state index is 9.19. The van der Waals surface area contributed by atoms with E-state index in [-0.39, 0.29) is 24.0 Å². The Morgan fingerprint density at radius 1 is 1.29 bits per heavy atom. The fourth-order valence-electron chi connectivity index (χ4n) is 1.80. The summed E-state index contributed by atoms with van der Waals surface area (Å²) in [6.07, 6.45) is 1.06. The number of benzene rings is 1. The van der Waals surface area contributed by atoms with E-state index in [0.717, 1.165) is 5.56 Å². The zero-order chi connectivity index (χ0) is 9.47. The molecule has 0 spiro atoms. The van der Waals surface area contributed by atoms with E-state index in [9.17, 15) is 5.11 Å². The molecule has 2 rings (SSSR count). The van der Waals surface area contributed by atoms with Gasteiger partial charge in [0.05, 0.1) is 6.10 Å². The molecule has 1 aromatic carbocycles. The van der Waals surface area contributed by atoms with Gasteiger partial charge in [-0.1, -0.05) is 23.7 Å². The van der Waals surface area contributed by atoms with E-state index in [1.165, 1.54) is 0 Å². The Labute approximate surface area is 94.5 Å². The van der Waals surface area contributed by atoms with Gasteiger partial charge in [0.2, 0.25) is 0 Å². The molecule has 0 unspecified atom stereocenters. The first kappa shape index (κ1) is 11.8. The van der Waals surface area contributed by atoms with Gasteiger partial charge in [0.1, 0.15) is 0 Å². The topological polar surface area (TPSA) is 46.2 Å². The zero-order valence-electron chi connectivity index (χ0n) is 7.61. The molecule has 0 radical (unpaired) electrons. The number of nitrogens with two attached hydrogens (primary N) is 1. The maximum Gasteiger partial charge on any atom is 0.0582 e. The summed E-state index contributed by atoms with van der Waals surface area (Å²) in [5.41, 5.74) is 6.79. The first-order valence-electron chi connectivity index (χ1n) is 4.33. The summed E-state index contributed by atoms with van der Waals surface area (Å²) in [5.74, 6) is 0. The molecule has 14 heavy (non-hydrogen) atoms. The Morgan fingerprint density at radius 2 is 1.79 bits per heavy atom. The second-order valence-electron chi connectivity index (χ2n) is 3.73. The van der Waals surface area contributed by atoms with Crippen LogP contribution in [0.2, 0.25) is 5.02 Å². The summed E-state index contributed by atoms with van der Waals surface area (Å²) in [6, 6.07) is 7.51. The molecule has 0 heterocycles. The van der Waals surface area contributed by atoms with Gasteiger partial charge >= 0.3 is 0 Å². The second kappa shape index (κ2) is 4.07. The van der Waals surface area contributed by atoms with Crippen LogP contribution in [-0.2, 0) is 5.54 Å². The van der Waals surface area contributed by atoms with Gasteiger partial charge < -0.3 is 10.8 Å². The minimum absolute atomic E-state index is 0. The summed E-state index contributed by atoms with van der Waals surface area (Å²) < 4.78 is 0. The quantitative estimate of drug-likeness (QED) is 0.781. The van der Waals surface area contributed by atoms with Crippen LogP contribution in [0.15, 0.2) is 24.3 Å². The van der Waals surface area contributed by atoms with Crippen molar-refractivity contribution >= 4 is 24.0 Å². The average molecular weight is 234 g/mol. The molecule has 1 saturated carbocycles. The number of aliphatic hydroxyl groups excluding tert-OH is 1. The highest BCUT2D eigenvalue weighted by Crippen LogP contribution is 2.39. The van der Waals surface area contributed by atoms with Crippen LogP contribution in [0.5, 0.6) is 0 Å². The minimum atomic E-state index is -0.329. The summed E-state index contributed by atoms with van der Waals surface area (Å²) >= 11 is 5.76. The molecular weight excluding hydrogens is 221 g/mol. The van der Waals surface area contributed by atoms with Gasteiger partial charge in [-0.05, 0) is 30.5 Å². The van der Waals surface area contributed by atoms with Crippen molar-refractivity contribution in [3.8, 4) is 0 Å². The van der Waals surface area contributed by atoms with Crippen molar-refractivity contribution in [3.05, 3.63) is 34.9 Å². The molecule has 1 aromatic rings. The molecule has 0 bridgehead atoms. The predicted octanol–water partition coefficient (Wildman–Crippen LogP) is 2.07. The molecule has 1 fully saturated rings. The molecule has 1 aliphatic carbocycles. The van der Waals surface area contributed by atoms with Crippen molar-refractivity contribution < 1.29 is 5.11 Å². The number of rotatable bonds is 1. The molecule has 0 amide bonds. The maximum atomic E-state index is 9.19. The van der Waals surface area contributed by atoms with E-state index in [4.69, 9.17) is 17.3 Å². The van der Waals surface area contributed by atoms with Crippen molar-refractivity contribution in [1.29, 1.82) is 0 Å². The molecule has 0 atom stereocenters. The Morgan fingerprint density at radius 3 is 2.21 bits per heavy atom. The smallest absolute Gasteiger partial charge is 0.0582 e. The Bertz CT molecular complexity index is 306. The van der Waals surface area contributed by atoms with Crippen molar-refractivity contribution in [2.75, 3.05) is 0 Å². The van der Waals surface area contributed by atoms with Crippen molar-refractivity contribution in [2.24, 2.45) is 5.73 Å². The van der Waals surface area contributed by atoms with Gasteiger partial charge in [0.25, 0.3) is 0 Å². The molecule has 2 nitrogen and oxygen atoms in total. The monoisotopic (exact) mass is 233 g/mol. The lowest BCUT2D eigenvalue weighted by atomic mass is 9.71. The predicted molar refractivity (Wildman–Crippen MR) is 59.8 cm³/mol. The van der Waals surface area contributed by atoms with Crippen LogP contribution in [0, 0.1) is 0 Å². The Kier molecular flexibility index (Phi) is 3.43. The third kappa shape index (κ3) is 2.04. The SMILES string of the molecule is Cl.NC1(c2ccc(Cl)cc2)CC(O)C1. The van der Waals surface area contributed by atoms with Crippen LogP contribution in [0.4, 0.5) is 0 Å². The molecule has 3 N–H and O–H groups in total. The number of aliphatic hydroxyl groups is 1. The van der Waals surface area contributed by atoms with Crippen LogP contribution >= 0.6 is 24.0 Å². The number of hydrogen-bond donors (Lipinski definition) is 2. The highest BCUT2D eigenvalue weighted by atomic mass is 35.5. The van der Waals surface area contributed by atoms with Crippen LogP contribution in [0.1, 0.15) is 18.4 Å². The van der Waals surface area contributed by atoms with E-state index in [1.807, 2.05) is 24.3 Å². The second-order valence-corrected chi connectivity index (χ2v) is 4.16. The Balaban J connectivity index is 0.000000980. The summed E-state index contributed by atoms with van der Waals surface area (Å²) in [6.45, 7) is 0. The van der Waals surface area contributed by atoms with Crippen LogP contribution in [-0.4, -0.2) is 11.2 Å². The molecular formula is C10H13Cl2NO. The zero-order valence-corrected chi connectivity index (χ0v) is 9.18. The summed E-state index contributed by atoms with van der Waals surface area (Å²) in [5, 5.41) is 9.91. The third-order valence-electron chi connectivity index (χ3n) is 2.62. The Hall–Kier alpha value is -0.280. The van der Waals surface area contributed by atoms with E-state index in [2.05, 4.69) is 0 Å². The minimum Gasteiger partial charge on any atom is -0.393 e. The standard InChI is InChI=1S/C10H12ClNO.ClH/c11-8-3-1-7(2-4-8)10(12)5-9(13)6-10;/h1-4,9,13H,5-6,12H2;1H. The van der Waals surface area contributed by atoms with Crippen LogP contribution < -0.4 is 5.73 Å². The van der Waals surface area contributed by atoms with Gasteiger partial charge in [-0.15, -0.1) is 12.4 Å². The highest BCUT2D eigenvalue weighted by molar-refractivity contribution is 6.30. The van der Waals surface area contributed by atoms with Gasteiger partial charge in [0.15, 0.2) is 0 Å². The summed E-state index contributed by atoms with van der Waals surface area (Å²) in [4.78, 5) is 0.